The van der Waals surface area contributed by atoms with Crippen molar-refractivity contribution in [1.82, 2.24) is 5.32 Å². The molecule has 2 rings (SSSR count). The van der Waals surface area contributed by atoms with Gasteiger partial charge in [0.2, 0.25) is 0 Å². The number of carbonyl (C=O) groups is 1. The van der Waals surface area contributed by atoms with E-state index in [9.17, 15) is 9.18 Å². The predicted molar refractivity (Wildman–Crippen MR) is 78.4 cm³/mol. The summed E-state index contributed by atoms with van der Waals surface area (Å²) in [5, 5.41) is 5.52. The van der Waals surface area contributed by atoms with E-state index in [2.05, 4.69) is 10.6 Å². The van der Waals surface area contributed by atoms with Crippen LogP contribution in [0, 0.1) is 12.7 Å². The summed E-state index contributed by atoms with van der Waals surface area (Å²) < 4.78 is 13.5. The lowest BCUT2D eigenvalue weighted by Gasteiger charge is -2.09. The lowest BCUT2D eigenvalue weighted by molar-refractivity contribution is 0.251. The van der Waals surface area contributed by atoms with Gasteiger partial charge >= 0.3 is 6.03 Å². The van der Waals surface area contributed by atoms with E-state index in [4.69, 9.17) is 11.6 Å². The van der Waals surface area contributed by atoms with Gasteiger partial charge in [0.05, 0.1) is 0 Å². The van der Waals surface area contributed by atoms with Crippen LogP contribution >= 0.6 is 11.6 Å². The summed E-state index contributed by atoms with van der Waals surface area (Å²) in [6, 6.07) is 11.4. The van der Waals surface area contributed by atoms with E-state index in [0.717, 1.165) is 5.56 Å². The molecular weight excluding hydrogens is 279 g/mol. The summed E-state index contributed by atoms with van der Waals surface area (Å²) in [5.74, 6) is -0.437. The lowest BCUT2D eigenvalue weighted by atomic mass is 10.2. The van der Waals surface area contributed by atoms with Crippen LogP contribution in [0.1, 0.15) is 11.1 Å². The number of urea groups is 1. The highest BCUT2D eigenvalue weighted by Crippen LogP contribution is 2.18. The summed E-state index contributed by atoms with van der Waals surface area (Å²) in [7, 11) is 0. The van der Waals surface area contributed by atoms with Gasteiger partial charge in [0.15, 0.2) is 0 Å². The number of benzene rings is 2. The number of rotatable bonds is 3. The molecule has 3 nitrogen and oxygen atoms in total. The van der Waals surface area contributed by atoms with Gasteiger partial charge in [0.1, 0.15) is 5.82 Å². The molecule has 0 unspecified atom stereocenters. The fourth-order valence-corrected chi connectivity index (χ4v) is 1.91. The Morgan fingerprint density at radius 2 is 1.90 bits per heavy atom. The van der Waals surface area contributed by atoms with Crippen LogP contribution in [0.2, 0.25) is 5.02 Å². The van der Waals surface area contributed by atoms with Gasteiger partial charge in [-0.3, -0.25) is 0 Å². The molecule has 0 spiro atoms. The van der Waals surface area contributed by atoms with Crippen LogP contribution in [0.5, 0.6) is 0 Å². The molecule has 0 fully saturated rings. The number of carbonyl (C=O) groups excluding carboxylic acids is 1. The number of aryl methyl sites for hydroxylation is 1. The zero-order valence-electron chi connectivity index (χ0n) is 10.9. The molecule has 0 atom stereocenters. The summed E-state index contributed by atoms with van der Waals surface area (Å²) in [4.78, 5) is 11.7. The minimum Gasteiger partial charge on any atom is -0.334 e. The second-order valence-corrected chi connectivity index (χ2v) is 4.78. The normalized spacial score (nSPS) is 10.2. The average molecular weight is 293 g/mol. The number of hydrogen-bond acceptors (Lipinski definition) is 1. The van der Waals surface area contributed by atoms with E-state index in [-0.39, 0.29) is 12.1 Å². The van der Waals surface area contributed by atoms with Crippen molar-refractivity contribution in [2.75, 3.05) is 5.32 Å². The highest BCUT2D eigenvalue weighted by atomic mass is 35.5. The van der Waals surface area contributed by atoms with Gasteiger partial charge in [0, 0.05) is 22.8 Å². The molecule has 0 aromatic heterocycles. The highest BCUT2D eigenvalue weighted by molar-refractivity contribution is 6.31. The highest BCUT2D eigenvalue weighted by Gasteiger charge is 2.08. The van der Waals surface area contributed by atoms with E-state index >= 15 is 0 Å². The fourth-order valence-electron chi connectivity index (χ4n) is 1.68. The second-order valence-electron chi connectivity index (χ2n) is 4.37. The Kier molecular flexibility index (Phi) is 4.58. The Hall–Kier alpha value is -2.07. The van der Waals surface area contributed by atoms with Crippen molar-refractivity contribution in [3.8, 4) is 0 Å². The van der Waals surface area contributed by atoms with Gasteiger partial charge < -0.3 is 10.6 Å². The van der Waals surface area contributed by atoms with Crippen LogP contribution in [0.4, 0.5) is 14.9 Å². The molecule has 2 amide bonds. The van der Waals surface area contributed by atoms with Gasteiger partial charge in [-0.2, -0.15) is 0 Å². The smallest absolute Gasteiger partial charge is 0.319 e. The Morgan fingerprint density at radius 1 is 1.20 bits per heavy atom. The fraction of sp³-hybridized carbons (Fsp3) is 0.133. The monoisotopic (exact) mass is 292 g/mol. The number of nitrogens with one attached hydrogen (secondary N) is 2. The van der Waals surface area contributed by atoms with Crippen molar-refractivity contribution in [3.63, 3.8) is 0 Å². The molecule has 0 heterocycles. The van der Waals surface area contributed by atoms with Crippen molar-refractivity contribution >= 4 is 23.3 Å². The molecule has 0 saturated heterocycles. The molecule has 2 aromatic rings. The molecular formula is C15H14ClFN2O. The zero-order chi connectivity index (χ0) is 14.5. The third kappa shape index (κ3) is 3.71. The molecule has 5 heteroatoms. The van der Waals surface area contributed by atoms with E-state index in [1.807, 2.05) is 19.1 Å². The summed E-state index contributed by atoms with van der Waals surface area (Å²) in [6.45, 7) is 1.99. The lowest BCUT2D eigenvalue weighted by Crippen LogP contribution is -2.28. The van der Waals surface area contributed by atoms with Gasteiger partial charge in [-0.05, 0) is 31.2 Å². The predicted octanol–water partition coefficient (Wildman–Crippen LogP) is 4.11. The number of amides is 2. The standard InChI is InChI=1S/C15H14ClFN2O/c1-10-5-7-11(8-6-10)19-15(20)18-9-12-13(16)3-2-4-14(12)17/h2-8H,9H2,1H3,(H2,18,19,20). The Bertz CT molecular complexity index is 594. The first kappa shape index (κ1) is 14.3. The van der Waals surface area contributed by atoms with Gasteiger partial charge in [-0.25, -0.2) is 9.18 Å². The number of halogens is 2. The first-order valence-electron chi connectivity index (χ1n) is 6.10. The number of hydrogen-bond donors (Lipinski definition) is 2. The largest absolute Gasteiger partial charge is 0.334 e. The van der Waals surface area contributed by atoms with E-state index < -0.39 is 11.8 Å². The van der Waals surface area contributed by atoms with E-state index in [0.29, 0.717) is 10.7 Å². The third-order valence-corrected chi connectivity index (χ3v) is 3.15. The molecule has 0 aliphatic carbocycles. The maximum atomic E-state index is 13.5. The van der Waals surface area contributed by atoms with Gasteiger partial charge in [0.25, 0.3) is 0 Å². The van der Waals surface area contributed by atoms with Crippen molar-refractivity contribution in [1.29, 1.82) is 0 Å². The molecule has 20 heavy (non-hydrogen) atoms. The van der Waals surface area contributed by atoms with Crippen molar-refractivity contribution in [2.24, 2.45) is 0 Å². The van der Waals surface area contributed by atoms with Gasteiger partial charge in [-0.1, -0.05) is 35.4 Å². The molecule has 0 radical (unpaired) electrons. The molecule has 0 saturated carbocycles. The molecule has 2 N–H and O–H groups in total. The van der Waals surface area contributed by atoms with Crippen LogP contribution in [-0.4, -0.2) is 6.03 Å². The molecule has 0 aliphatic rings. The minimum absolute atomic E-state index is 0.0310. The molecule has 104 valence electrons. The van der Waals surface area contributed by atoms with Crippen molar-refractivity contribution in [2.45, 2.75) is 13.5 Å². The maximum absolute atomic E-state index is 13.5. The third-order valence-electron chi connectivity index (χ3n) is 2.80. The second kappa shape index (κ2) is 6.39. The van der Waals surface area contributed by atoms with Crippen LogP contribution < -0.4 is 10.6 Å². The average Bonchev–Trinajstić information content (AvgIpc) is 2.41. The Labute approximate surface area is 121 Å². The first-order chi connectivity index (χ1) is 9.56. The summed E-state index contributed by atoms with van der Waals surface area (Å²) >= 11 is 5.88. The Morgan fingerprint density at radius 3 is 2.55 bits per heavy atom. The topological polar surface area (TPSA) is 41.1 Å². The van der Waals surface area contributed by atoms with Crippen LogP contribution in [0.3, 0.4) is 0 Å². The van der Waals surface area contributed by atoms with Crippen LogP contribution in [0.15, 0.2) is 42.5 Å². The first-order valence-corrected chi connectivity index (χ1v) is 6.48. The van der Waals surface area contributed by atoms with Crippen LogP contribution in [0.25, 0.3) is 0 Å². The van der Waals surface area contributed by atoms with Crippen molar-refractivity contribution < 1.29 is 9.18 Å². The van der Waals surface area contributed by atoms with Crippen LogP contribution in [-0.2, 0) is 6.54 Å². The Balaban J connectivity index is 1.94. The summed E-state index contributed by atoms with van der Waals surface area (Å²) in [5.41, 5.74) is 2.05. The quantitative estimate of drug-likeness (QED) is 0.878. The van der Waals surface area contributed by atoms with E-state index in [1.54, 1.807) is 18.2 Å². The maximum Gasteiger partial charge on any atom is 0.319 e. The minimum atomic E-state index is -0.437. The SMILES string of the molecule is Cc1ccc(NC(=O)NCc2c(F)cccc2Cl)cc1. The molecule has 0 aliphatic heterocycles. The molecule has 2 aromatic carbocycles. The summed E-state index contributed by atoms with van der Waals surface area (Å²) in [6.07, 6.45) is 0. The van der Waals surface area contributed by atoms with Crippen molar-refractivity contribution in [3.05, 3.63) is 64.4 Å². The molecule has 0 bridgehead atoms. The van der Waals surface area contributed by atoms with E-state index in [1.165, 1.54) is 12.1 Å². The number of anilines is 1. The zero-order valence-corrected chi connectivity index (χ0v) is 11.7. The van der Waals surface area contributed by atoms with Gasteiger partial charge in [-0.15, -0.1) is 0 Å².